The molecule has 0 saturated carbocycles. The lowest BCUT2D eigenvalue weighted by Gasteiger charge is -2.30. The number of amidine groups is 1. The summed E-state index contributed by atoms with van der Waals surface area (Å²) in [7, 11) is 0. The Kier molecular flexibility index (Phi) is 11.4. The Bertz CT molecular complexity index is 1120. The van der Waals surface area contributed by atoms with Crippen LogP contribution in [0.15, 0.2) is 76.0 Å². The van der Waals surface area contributed by atoms with Gasteiger partial charge in [-0.05, 0) is 24.3 Å². The van der Waals surface area contributed by atoms with E-state index in [1.54, 1.807) is 54.6 Å². The molecule has 0 bridgehead atoms. The van der Waals surface area contributed by atoms with E-state index in [-0.39, 0.29) is 5.84 Å². The molecule has 3 atom stereocenters. The van der Waals surface area contributed by atoms with Crippen LogP contribution in [0.1, 0.15) is 27.7 Å². The van der Waals surface area contributed by atoms with Crippen LogP contribution in [0, 0.1) is 0 Å². The first kappa shape index (κ1) is 28.6. The van der Waals surface area contributed by atoms with Crippen LogP contribution in [0.2, 0.25) is 0 Å². The third-order valence-corrected chi connectivity index (χ3v) is 4.38. The molecule has 0 spiro atoms. The first-order chi connectivity index (χ1) is 17.7. The lowest BCUT2D eigenvalue weighted by atomic mass is 10.1. The van der Waals surface area contributed by atoms with E-state index in [0.29, 0.717) is 11.4 Å². The number of hydrogen-bond acceptors (Lipinski definition) is 11. The first-order valence-corrected chi connectivity index (χ1v) is 11.2. The number of azo groups is 1. The van der Waals surface area contributed by atoms with Crippen molar-refractivity contribution in [3.8, 4) is 0 Å². The van der Waals surface area contributed by atoms with Crippen molar-refractivity contribution in [2.75, 3.05) is 12.0 Å². The van der Waals surface area contributed by atoms with Gasteiger partial charge in [0.1, 0.15) is 6.61 Å². The number of carbonyl (C=O) groups is 4. The average Bonchev–Trinajstić information content (AvgIpc) is 2.85. The van der Waals surface area contributed by atoms with Crippen LogP contribution in [0.25, 0.3) is 0 Å². The monoisotopic (exact) mass is 512 g/mol. The minimum atomic E-state index is -1.52. The van der Waals surface area contributed by atoms with E-state index in [1.807, 2.05) is 6.07 Å². The topological polar surface area (TPSA) is 154 Å². The van der Waals surface area contributed by atoms with E-state index in [2.05, 4.69) is 20.8 Å². The number of hydrogen-bond donors (Lipinski definition) is 1. The van der Waals surface area contributed by atoms with Gasteiger partial charge >= 0.3 is 23.9 Å². The highest BCUT2D eigenvalue weighted by Gasteiger charge is 2.41. The highest BCUT2D eigenvalue weighted by molar-refractivity contribution is 5.90. The van der Waals surface area contributed by atoms with Gasteiger partial charge in [0.05, 0.1) is 11.4 Å². The van der Waals surface area contributed by atoms with Crippen LogP contribution in [-0.4, -0.2) is 54.6 Å². The third-order valence-electron chi connectivity index (χ3n) is 4.38. The first-order valence-electron chi connectivity index (χ1n) is 11.2. The summed E-state index contributed by atoms with van der Waals surface area (Å²) in [5.74, 6) is -3.24. The summed E-state index contributed by atoms with van der Waals surface area (Å²) in [5, 5.41) is 12.5. The van der Waals surface area contributed by atoms with Crippen LogP contribution in [0.5, 0.6) is 0 Å². The minimum absolute atomic E-state index is 0.228. The Morgan fingerprint density at radius 3 is 1.86 bits per heavy atom. The van der Waals surface area contributed by atoms with E-state index >= 15 is 0 Å². The van der Waals surface area contributed by atoms with Gasteiger partial charge in [0, 0.05) is 27.7 Å². The molecule has 0 aromatic heterocycles. The second-order valence-electron chi connectivity index (χ2n) is 7.54. The highest BCUT2D eigenvalue weighted by atomic mass is 16.6. The van der Waals surface area contributed by atoms with Gasteiger partial charge < -0.3 is 18.9 Å². The van der Waals surface area contributed by atoms with Gasteiger partial charge in [0.2, 0.25) is 11.9 Å². The normalized spacial score (nSPS) is 13.7. The summed E-state index contributed by atoms with van der Waals surface area (Å²) in [6.07, 6.45) is -4.40. The second kappa shape index (κ2) is 14.7. The van der Waals surface area contributed by atoms with Crippen molar-refractivity contribution in [1.29, 1.82) is 0 Å². The maximum Gasteiger partial charge on any atom is 0.303 e. The molecule has 12 nitrogen and oxygen atoms in total. The molecular weight excluding hydrogens is 484 g/mol. The smallest absolute Gasteiger partial charge is 0.303 e. The molecule has 2 rings (SSSR count). The molecule has 2 aromatic carbocycles. The summed E-state index contributed by atoms with van der Waals surface area (Å²) < 4.78 is 21.1. The van der Waals surface area contributed by atoms with Crippen molar-refractivity contribution in [1.82, 2.24) is 0 Å². The van der Waals surface area contributed by atoms with E-state index in [0.717, 1.165) is 27.7 Å². The number of para-hydroxylation sites is 1. The number of benzene rings is 2. The number of nitrogens with zero attached hydrogens (tertiary/aromatic N) is 3. The molecule has 0 aliphatic carbocycles. The van der Waals surface area contributed by atoms with Crippen molar-refractivity contribution < 1.29 is 38.1 Å². The van der Waals surface area contributed by atoms with E-state index in [4.69, 9.17) is 18.9 Å². The predicted molar refractivity (Wildman–Crippen MR) is 132 cm³/mol. The van der Waals surface area contributed by atoms with Gasteiger partial charge in [-0.3, -0.25) is 24.6 Å². The van der Waals surface area contributed by atoms with Gasteiger partial charge in [-0.2, -0.15) is 5.10 Å². The number of esters is 4. The third kappa shape index (κ3) is 10.7. The Morgan fingerprint density at radius 2 is 1.32 bits per heavy atom. The molecular formula is C25H28N4O8. The fraction of sp³-hybridized carbons (Fsp3) is 0.320. The van der Waals surface area contributed by atoms with Crippen molar-refractivity contribution in [3.05, 3.63) is 60.7 Å². The molecule has 0 amide bonds. The summed E-state index contributed by atoms with van der Waals surface area (Å²) in [4.78, 5) is 47.4. The SMILES string of the molecule is CC(=O)OC[C@H](OC(C)=O)[C@H](OC(C)=O)[C@H](OC(C)=O)/C(N=Nc1ccccc1)=N/Nc1ccccc1. The van der Waals surface area contributed by atoms with Gasteiger partial charge in [0.25, 0.3) is 0 Å². The van der Waals surface area contributed by atoms with E-state index in [9.17, 15) is 19.2 Å². The number of rotatable bonds is 11. The Morgan fingerprint density at radius 1 is 0.757 bits per heavy atom. The zero-order valence-corrected chi connectivity index (χ0v) is 20.8. The average molecular weight is 513 g/mol. The fourth-order valence-electron chi connectivity index (χ4n) is 2.96. The maximum atomic E-state index is 12.1. The lowest BCUT2D eigenvalue weighted by Crippen LogP contribution is -2.50. The predicted octanol–water partition coefficient (Wildman–Crippen LogP) is 3.55. The highest BCUT2D eigenvalue weighted by Crippen LogP contribution is 2.20. The number of anilines is 1. The Balaban J connectivity index is 2.60. The minimum Gasteiger partial charge on any atom is -0.462 e. The molecule has 1 N–H and O–H groups in total. The van der Waals surface area contributed by atoms with Crippen molar-refractivity contribution in [2.24, 2.45) is 15.3 Å². The van der Waals surface area contributed by atoms with Crippen LogP contribution >= 0.6 is 0 Å². The lowest BCUT2D eigenvalue weighted by molar-refractivity contribution is -0.183. The summed E-state index contributed by atoms with van der Waals surface area (Å²) >= 11 is 0. The van der Waals surface area contributed by atoms with Crippen LogP contribution in [0.4, 0.5) is 11.4 Å². The molecule has 37 heavy (non-hydrogen) atoms. The maximum absolute atomic E-state index is 12.1. The summed E-state index contributed by atoms with van der Waals surface area (Å²) in [6, 6.07) is 17.4. The molecule has 0 aliphatic rings. The number of carbonyl (C=O) groups excluding carboxylic acids is 4. The molecule has 0 aliphatic heterocycles. The van der Waals surface area contributed by atoms with Crippen molar-refractivity contribution in [2.45, 2.75) is 46.0 Å². The molecule has 196 valence electrons. The molecule has 2 aromatic rings. The molecule has 0 unspecified atom stereocenters. The van der Waals surface area contributed by atoms with E-state index in [1.165, 1.54) is 0 Å². The van der Waals surface area contributed by atoms with Crippen molar-refractivity contribution in [3.63, 3.8) is 0 Å². The zero-order valence-electron chi connectivity index (χ0n) is 20.8. The van der Waals surface area contributed by atoms with Crippen LogP contribution < -0.4 is 5.43 Å². The second-order valence-corrected chi connectivity index (χ2v) is 7.54. The summed E-state index contributed by atoms with van der Waals surface area (Å²) in [6.45, 7) is 4.01. The standard InChI is InChI=1S/C25H28N4O8/c1-16(30)34-15-22(35-17(2)31)23(36-18(3)32)24(37-19(4)33)25(28-26-20-11-7-5-8-12-20)29-27-21-13-9-6-10-14-21/h5-14,22-24,26H,15H2,1-4H3/b28-25-,29-27?/t22-,23-,24-/m0/s1. The number of ether oxygens (including phenoxy) is 4. The molecule has 0 heterocycles. The van der Waals surface area contributed by atoms with Gasteiger partial charge in [-0.1, -0.05) is 36.4 Å². The van der Waals surface area contributed by atoms with Gasteiger partial charge in [-0.15, -0.1) is 10.2 Å². The summed E-state index contributed by atoms with van der Waals surface area (Å²) in [5.41, 5.74) is 3.80. The van der Waals surface area contributed by atoms with Crippen LogP contribution in [0.3, 0.4) is 0 Å². The Labute approximate surface area is 213 Å². The molecule has 12 heteroatoms. The quantitative estimate of drug-likeness (QED) is 0.119. The Hall–Kier alpha value is -4.61. The molecule has 0 saturated heterocycles. The number of nitrogens with one attached hydrogen (secondary N) is 1. The zero-order chi connectivity index (χ0) is 27.2. The fourth-order valence-corrected chi connectivity index (χ4v) is 2.96. The molecule has 0 fully saturated rings. The van der Waals surface area contributed by atoms with Crippen molar-refractivity contribution >= 4 is 41.1 Å². The molecule has 0 radical (unpaired) electrons. The number of hydrazone groups is 1. The van der Waals surface area contributed by atoms with Gasteiger partial charge in [-0.25, -0.2) is 0 Å². The van der Waals surface area contributed by atoms with Gasteiger partial charge in [0.15, 0.2) is 12.2 Å². The van der Waals surface area contributed by atoms with Crippen LogP contribution in [-0.2, 0) is 38.1 Å². The largest absolute Gasteiger partial charge is 0.462 e. The van der Waals surface area contributed by atoms with E-state index < -0.39 is 48.8 Å².